The molecule has 4 heteroatoms. The molecular formula is C17H27ClN2O. The minimum absolute atomic E-state index is 0. The second-order valence-corrected chi connectivity index (χ2v) is 5.92. The molecule has 3 nitrogen and oxygen atoms in total. The molecule has 1 aliphatic carbocycles. The second kappa shape index (κ2) is 8.93. The summed E-state index contributed by atoms with van der Waals surface area (Å²) in [4.78, 5) is 14.4. The number of rotatable bonds is 3. The van der Waals surface area contributed by atoms with Crippen LogP contribution < -0.4 is 5.73 Å². The van der Waals surface area contributed by atoms with Crippen molar-refractivity contribution in [2.75, 3.05) is 12.8 Å². The number of nitrogen functional groups attached to an aromatic ring is 1. The van der Waals surface area contributed by atoms with Crippen molar-refractivity contribution in [3.8, 4) is 0 Å². The molecular weight excluding hydrogens is 284 g/mol. The largest absolute Gasteiger partial charge is 0.399 e. The van der Waals surface area contributed by atoms with Gasteiger partial charge in [0.05, 0.1) is 6.42 Å². The van der Waals surface area contributed by atoms with Gasteiger partial charge in [-0.1, -0.05) is 44.2 Å². The molecule has 0 atom stereocenters. The fraction of sp³-hybridized carbons (Fsp3) is 0.588. The summed E-state index contributed by atoms with van der Waals surface area (Å²) in [7, 11) is 1.96. The average Bonchev–Trinajstić information content (AvgIpc) is 2.40. The van der Waals surface area contributed by atoms with E-state index in [-0.39, 0.29) is 18.3 Å². The molecule has 2 N–H and O–H groups in total. The van der Waals surface area contributed by atoms with Gasteiger partial charge in [-0.05, 0) is 30.5 Å². The second-order valence-electron chi connectivity index (χ2n) is 5.92. The molecule has 0 unspecified atom stereocenters. The molecule has 0 heterocycles. The summed E-state index contributed by atoms with van der Waals surface area (Å²) in [5, 5.41) is 0. The monoisotopic (exact) mass is 310 g/mol. The number of carbonyl (C=O) groups is 1. The molecule has 1 saturated carbocycles. The Bertz CT molecular complexity index is 425. The summed E-state index contributed by atoms with van der Waals surface area (Å²) in [6.45, 7) is 0. The molecule has 0 spiro atoms. The lowest BCUT2D eigenvalue weighted by Gasteiger charge is -2.30. The molecule has 0 aliphatic heterocycles. The normalized spacial score (nSPS) is 16.4. The standard InChI is InChI=1S/C17H26N2O.ClH/c1-19(16-7-5-3-2-4-6-8-16)17(20)13-14-9-11-15(18)12-10-14;/h9-12,16H,2-8,13,18H2,1H3;1H. The lowest BCUT2D eigenvalue weighted by Crippen LogP contribution is -2.38. The van der Waals surface area contributed by atoms with E-state index in [2.05, 4.69) is 0 Å². The molecule has 1 amide bonds. The molecule has 1 fully saturated rings. The third-order valence-electron chi connectivity index (χ3n) is 4.35. The third kappa shape index (κ3) is 5.58. The van der Waals surface area contributed by atoms with Crippen molar-refractivity contribution < 1.29 is 4.79 Å². The van der Waals surface area contributed by atoms with Crippen LogP contribution in [0.3, 0.4) is 0 Å². The van der Waals surface area contributed by atoms with Crippen molar-refractivity contribution in [2.45, 2.75) is 57.4 Å². The van der Waals surface area contributed by atoms with Gasteiger partial charge in [0, 0.05) is 18.8 Å². The lowest BCUT2D eigenvalue weighted by atomic mass is 9.95. The zero-order valence-corrected chi connectivity index (χ0v) is 13.7. The van der Waals surface area contributed by atoms with E-state index in [1.54, 1.807) is 0 Å². The van der Waals surface area contributed by atoms with E-state index in [1.165, 1.54) is 32.1 Å². The zero-order valence-electron chi connectivity index (χ0n) is 12.9. The van der Waals surface area contributed by atoms with Crippen LogP contribution in [-0.4, -0.2) is 23.9 Å². The highest BCUT2D eigenvalue weighted by atomic mass is 35.5. The fourth-order valence-corrected chi connectivity index (χ4v) is 2.96. The summed E-state index contributed by atoms with van der Waals surface area (Å²) < 4.78 is 0. The van der Waals surface area contributed by atoms with E-state index in [0.29, 0.717) is 12.5 Å². The molecule has 0 saturated heterocycles. The Morgan fingerprint density at radius 3 is 2.19 bits per heavy atom. The zero-order chi connectivity index (χ0) is 14.4. The topological polar surface area (TPSA) is 46.3 Å². The number of amides is 1. The maximum atomic E-state index is 12.4. The number of halogens is 1. The SMILES string of the molecule is CN(C(=O)Cc1ccc(N)cc1)C1CCCCCCC1.Cl. The number of likely N-dealkylation sites (N-methyl/N-ethyl adjacent to an activating group) is 1. The van der Waals surface area contributed by atoms with E-state index in [9.17, 15) is 4.79 Å². The van der Waals surface area contributed by atoms with Gasteiger partial charge in [-0.25, -0.2) is 0 Å². The van der Waals surface area contributed by atoms with Crippen LogP contribution in [0.2, 0.25) is 0 Å². The number of nitrogens with two attached hydrogens (primary N) is 1. The van der Waals surface area contributed by atoms with Crippen molar-refractivity contribution in [2.24, 2.45) is 0 Å². The van der Waals surface area contributed by atoms with Gasteiger partial charge in [0.2, 0.25) is 5.91 Å². The molecule has 2 rings (SSSR count). The Labute approximate surface area is 134 Å². The molecule has 118 valence electrons. The maximum Gasteiger partial charge on any atom is 0.226 e. The summed E-state index contributed by atoms with van der Waals surface area (Å²) in [5.74, 6) is 0.223. The van der Waals surface area contributed by atoms with Crippen LogP contribution >= 0.6 is 12.4 Å². The van der Waals surface area contributed by atoms with Gasteiger partial charge in [0.25, 0.3) is 0 Å². The van der Waals surface area contributed by atoms with Crippen molar-refractivity contribution in [3.63, 3.8) is 0 Å². The molecule has 1 aromatic rings. The van der Waals surface area contributed by atoms with Crippen LogP contribution in [0.5, 0.6) is 0 Å². The van der Waals surface area contributed by atoms with E-state index >= 15 is 0 Å². The molecule has 21 heavy (non-hydrogen) atoms. The van der Waals surface area contributed by atoms with E-state index in [4.69, 9.17) is 5.73 Å². The van der Waals surface area contributed by atoms with Crippen LogP contribution in [0.15, 0.2) is 24.3 Å². The van der Waals surface area contributed by atoms with E-state index < -0.39 is 0 Å². The lowest BCUT2D eigenvalue weighted by molar-refractivity contribution is -0.131. The quantitative estimate of drug-likeness (QED) is 0.863. The number of benzene rings is 1. The average molecular weight is 311 g/mol. The Morgan fingerprint density at radius 1 is 1.10 bits per heavy atom. The first-order chi connectivity index (χ1) is 9.66. The number of hydrogen-bond acceptors (Lipinski definition) is 2. The van der Waals surface area contributed by atoms with Gasteiger partial charge in [-0.3, -0.25) is 4.79 Å². The fourth-order valence-electron chi connectivity index (χ4n) is 2.96. The highest BCUT2D eigenvalue weighted by molar-refractivity contribution is 5.85. The Hall–Kier alpha value is -1.22. The van der Waals surface area contributed by atoms with Crippen molar-refractivity contribution >= 4 is 24.0 Å². The van der Waals surface area contributed by atoms with Gasteiger partial charge in [-0.15, -0.1) is 12.4 Å². The molecule has 1 aromatic carbocycles. The predicted molar refractivity (Wildman–Crippen MR) is 90.7 cm³/mol. The Kier molecular flexibility index (Phi) is 7.58. The van der Waals surface area contributed by atoms with Crippen LogP contribution in [0.25, 0.3) is 0 Å². The minimum atomic E-state index is 0. The van der Waals surface area contributed by atoms with Crippen molar-refractivity contribution in [3.05, 3.63) is 29.8 Å². The summed E-state index contributed by atoms with van der Waals surface area (Å²) in [6, 6.07) is 8.03. The summed E-state index contributed by atoms with van der Waals surface area (Å²) >= 11 is 0. The smallest absolute Gasteiger partial charge is 0.226 e. The Morgan fingerprint density at radius 2 is 1.62 bits per heavy atom. The van der Waals surface area contributed by atoms with E-state index in [0.717, 1.165) is 24.1 Å². The first-order valence-corrected chi connectivity index (χ1v) is 7.77. The minimum Gasteiger partial charge on any atom is -0.399 e. The first-order valence-electron chi connectivity index (χ1n) is 7.77. The van der Waals surface area contributed by atoms with Crippen LogP contribution in [-0.2, 0) is 11.2 Å². The predicted octanol–water partition coefficient (Wildman–Crippen LogP) is 3.80. The summed E-state index contributed by atoms with van der Waals surface area (Å²) in [6.07, 6.45) is 9.29. The number of hydrogen-bond donors (Lipinski definition) is 1. The molecule has 1 aliphatic rings. The van der Waals surface area contributed by atoms with Crippen molar-refractivity contribution in [1.82, 2.24) is 4.90 Å². The van der Waals surface area contributed by atoms with Crippen molar-refractivity contribution in [1.29, 1.82) is 0 Å². The van der Waals surface area contributed by atoms with Gasteiger partial charge < -0.3 is 10.6 Å². The molecule has 0 radical (unpaired) electrons. The van der Waals surface area contributed by atoms with Gasteiger partial charge >= 0.3 is 0 Å². The van der Waals surface area contributed by atoms with Gasteiger partial charge in [-0.2, -0.15) is 0 Å². The first kappa shape index (κ1) is 17.8. The van der Waals surface area contributed by atoms with Gasteiger partial charge in [0.15, 0.2) is 0 Å². The molecule has 0 aromatic heterocycles. The number of anilines is 1. The summed E-state index contributed by atoms with van der Waals surface area (Å²) in [5.41, 5.74) is 7.46. The number of carbonyl (C=O) groups excluding carboxylic acids is 1. The van der Waals surface area contributed by atoms with Crippen LogP contribution in [0.1, 0.15) is 50.5 Å². The number of nitrogens with zero attached hydrogens (tertiary/aromatic N) is 1. The van der Waals surface area contributed by atoms with Crippen LogP contribution in [0, 0.1) is 0 Å². The Balaban J connectivity index is 0.00000220. The third-order valence-corrected chi connectivity index (χ3v) is 4.35. The highest BCUT2D eigenvalue weighted by Crippen LogP contribution is 2.21. The maximum absolute atomic E-state index is 12.4. The highest BCUT2D eigenvalue weighted by Gasteiger charge is 2.20. The van der Waals surface area contributed by atoms with Crippen LogP contribution in [0.4, 0.5) is 5.69 Å². The molecule has 0 bridgehead atoms. The van der Waals surface area contributed by atoms with E-state index in [1.807, 2.05) is 36.2 Å². The van der Waals surface area contributed by atoms with Gasteiger partial charge in [0.1, 0.15) is 0 Å².